The molecule has 5 heteroatoms. The van der Waals surface area contributed by atoms with Gasteiger partial charge in [-0.05, 0) is 37.7 Å². The molecule has 1 N–H and O–H groups in total. The normalized spacial score (nSPS) is 12.3. The van der Waals surface area contributed by atoms with E-state index in [1.165, 1.54) is 10.8 Å². The lowest BCUT2D eigenvalue weighted by atomic mass is 10.3. The Morgan fingerprint density at radius 3 is 2.36 bits per heavy atom. The molecule has 0 saturated carbocycles. The molecule has 0 aromatic heterocycles. The second-order valence-electron chi connectivity index (χ2n) is 3.56. The molecule has 86 valence electrons. The monoisotopic (exact) mass is 333 g/mol. The first kappa shape index (κ1) is 14.6. The van der Waals surface area contributed by atoms with E-state index in [2.05, 4.69) is 27.9 Å². The van der Waals surface area contributed by atoms with Gasteiger partial charge in [0.25, 0.3) is 0 Å². The molecule has 0 amide bonds. The third-order valence-electron chi connectivity index (χ3n) is 2.02. The van der Waals surface area contributed by atoms with E-state index in [9.17, 15) is 8.42 Å². The van der Waals surface area contributed by atoms with Gasteiger partial charge < -0.3 is 5.32 Å². The van der Waals surface area contributed by atoms with Gasteiger partial charge in [0, 0.05) is 6.54 Å². The summed E-state index contributed by atoms with van der Waals surface area (Å²) < 4.78 is 23.9. The molecule has 0 rings (SSSR count). The van der Waals surface area contributed by atoms with Crippen molar-refractivity contribution in [2.75, 3.05) is 23.3 Å². The highest BCUT2D eigenvalue weighted by molar-refractivity contribution is 14.1. The average Bonchev–Trinajstić information content (AvgIpc) is 2.10. The number of halogens is 1. The second-order valence-corrected chi connectivity index (χ2v) is 7.32. The number of nitrogens with one attached hydrogen (secondary N) is 1. The van der Waals surface area contributed by atoms with E-state index in [1.54, 1.807) is 13.8 Å². The summed E-state index contributed by atoms with van der Waals surface area (Å²) in [6.07, 6.45) is 2.33. The summed E-state index contributed by atoms with van der Waals surface area (Å²) in [6, 6.07) is 0. The topological polar surface area (TPSA) is 46.2 Å². The Hall–Kier alpha value is 0.640. The van der Waals surface area contributed by atoms with Crippen molar-refractivity contribution < 1.29 is 8.42 Å². The van der Waals surface area contributed by atoms with Gasteiger partial charge in [-0.2, -0.15) is 0 Å². The summed E-state index contributed by atoms with van der Waals surface area (Å²) in [5.41, 5.74) is 0. The zero-order chi connectivity index (χ0) is 11.0. The van der Waals surface area contributed by atoms with Gasteiger partial charge >= 0.3 is 0 Å². The molecule has 0 saturated heterocycles. The van der Waals surface area contributed by atoms with Crippen LogP contribution in [0.15, 0.2) is 0 Å². The first-order chi connectivity index (χ1) is 6.50. The molecular formula is C9H20INO2S. The van der Waals surface area contributed by atoms with E-state index in [0.29, 0.717) is 6.54 Å². The lowest BCUT2D eigenvalue weighted by molar-refractivity contribution is 0.580. The average molecular weight is 333 g/mol. The Morgan fingerprint density at radius 2 is 1.86 bits per heavy atom. The molecule has 0 atom stereocenters. The van der Waals surface area contributed by atoms with Gasteiger partial charge in [0.05, 0.1) is 11.0 Å². The Morgan fingerprint density at radius 1 is 1.21 bits per heavy atom. The van der Waals surface area contributed by atoms with Crippen LogP contribution in [-0.4, -0.2) is 36.9 Å². The Kier molecular flexibility index (Phi) is 8.23. The van der Waals surface area contributed by atoms with Crippen molar-refractivity contribution >= 4 is 32.4 Å². The maximum Gasteiger partial charge on any atom is 0.153 e. The summed E-state index contributed by atoms with van der Waals surface area (Å²) in [7, 11) is -2.85. The van der Waals surface area contributed by atoms with Gasteiger partial charge in [0.2, 0.25) is 0 Å². The van der Waals surface area contributed by atoms with E-state index in [4.69, 9.17) is 0 Å². The van der Waals surface area contributed by atoms with E-state index in [0.717, 1.165) is 13.0 Å². The minimum Gasteiger partial charge on any atom is -0.316 e. The zero-order valence-corrected chi connectivity index (χ0v) is 11.9. The molecule has 0 radical (unpaired) electrons. The summed E-state index contributed by atoms with van der Waals surface area (Å²) in [6.45, 7) is 4.97. The predicted molar refractivity (Wildman–Crippen MR) is 69.9 cm³/mol. The molecule has 0 bridgehead atoms. The zero-order valence-electron chi connectivity index (χ0n) is 8.92. The van der Waals surface area contributed by atoms with Crippen LogP contribution in [0.2, 0.25) is 0 Å². The second kappa shape index (κ2) is 7.87. The summed E-state index contributed by atoms with van der Waals surface area (Å²) in [5.74, 6) is 0.259. The van der Waals surface area contributed by atoms with Crippen molar-refractivity contribution in [3.8, 4) is 0 Å². The molecular weight excluding hydrogens is 313 g/mol. The van der Waals surface area contributed by atoms with Crippen LogP contribution in [0.1, 0.15) is 26.7 Å². The van der Waals surface area contributed by atoms with Crippen LogP contribution < -0.4 is 5.32 Å². The summed E-state index contributed by atoms with van der Waals surface area (Å²) >= 11 is 2.35. The number of unbranched alkanes of at least 4 members (excludes halogenated alkanes) is 1. The summed E-state index contributed by atoms with van der Waals surface area (Å²) in [4.78, 5) is 0. The lowest BCUT2D eigenvalue weighted by Gasteiger charge is -2.08. The van der Waals surface area contributed by atoms with Crippen LogP contribution in [0.25, 0.3) is 0 Å². The number of alkyl halides is 1. The van der Waals surface area contributed by atoms with Gasteiger partial charge in [-0.25, -0.2) is 8.42 Å². The van der Waals surface area contributed by atoms with Crippen LogP contribution >= 0.6 is 22.6 Å². The number of hydrogen-bond acceptors (Lipinski definition) is 3. The SMILES string of the molecule is CC(C)S(=O)(=O)CCNCCCCI. The molecule has 0 aliphatic rings. The Labute approximate surface area is 101 Å². The fourth-order valence-electron chi connectivity index (χ4n) is 0.920. The molecule has 3 nitrogen and oxygen atoms in total. The van der Waals surface area contributed by atoms with Crippen molar-refractivity contribution in [3.63, 3.8) is 0 Å². The predicted octanol–water partition coefficient (Wildman–Crippen LogP) is 1.61. The Bertz CT molecular complexity index is 227. The fourth-order valence-corrected chi connectivity index (χ4v) is 2.36. The molecule has 0 aliphatic carbocycles. The van der Waals surface area contributed by atoms with Gasteiger partial charge in [-0.3, -0.25) is 0 Å². The van der Waals surface area contributed by atoms with Crippen molar-refractivity contribution in [2.45, 2.75) is 31.9 Å². The van der Waals surface area contributed by atoms with E-state index < -0.39 is 9.84 Å². The van der Waals surface area contributed by atoms with Gasteiger partial charge in [-0.15, -0.1) is 0 Å². The molecule has 0 unspecified atom stereocenters. The minimum atomic E-state index is -2.85. The van der Waals surface area contributed by atoms with Crippen LogP contribution in [0.5, 0.6) is 0 Å². The molecule has 0 aromatic carbocycles. The molecule has 0 fully saturated rings. The van der Waals surface area contributed by atoms with E-state index in [1.807, 2.05) is 0 Å². The quantitative estimate of drug-likeness (QED) is 0.417. The van der Waals surface area contributed by atoms with Gasteiger partial charge in [-0.1, -0.05) is 22.6 Å². The highest BCUT2D eigenvalue weighted by Gasteiger charge is 2.14. The first-order valence-corrected chi connectivity index (χ1v) is 8.23. The molecule has 0 aromatic rings. The molecule has 0 spiro atoms. The Balaban J connectivity index is 3.46. The van der Waals surface area contributed by atoms with Crippen molar-refractivity contribution in [2.24, 2.45) is 0 Å². The van der Waals surface area contributed by atoms with Gasteiger partial charge in [0.15, 0.2) is 9.84 Å². The van der Waals surface area contributed by atoms with Crippen LogP contribution in [-0.2, 0) is 9.84 Å². The first-order valence-electron chi connectivity index (χ1n) is 4.99. The standard InChI is InChI=1S/C9H20INO2S/c1-9(2)14(12,13)8-7-11-6-4-3-5-10/h9,11H,3-8H2,1-2H3. The number of sulfone groups is 1. The molecule has 0 heterocycles. The number of hydrogen-bond donors (Lipinski definition) is 1. The van der Waals surface area contributed by atoms with Crippen LogP contribution in [0.3, 0.4) is 0 Å². The van der Waals surface area contributed by atoms with Crippen molar-refractivity contribution in [1.29, 1.82) is 0 Å². The van der Waals surface area contributed by atoms with Crippen molar-refractivity contribution in [3.05, 3.63) is 0 Å². The number of rotatable bonds is 8. The molecule has 0 aliphatic heterocycles. The van der Waals surface area contributed by atoms with Crippen LogP contribution in [0.4, 0.5) is 0 Å². The lowest BCUT2D eigenvalue weighted by Crippen LogP contribution is -2.27. The third kappa shape index (κ3) is 7.00. The minimum absolute atomic E-state index is 0.251. The van der Waals surface area contributed by atoms with E-state index >= 15 is 0 Å². The molecule has 14 heavy (non-hydrogen) atoms. The highest BCUT2D eigenvalue weighted by Crippen LogP contribution is 1.99. The maximum atomic E-state index is 11.4. The smallest absolute Gasteiger partial charge is 0.153 e. The summed E-state index contributed by atoms with van der Waals surface area (Å²) in [5, 5.41) is 2.90. The highest BCUT2D eigenvalue weighted by atomic mass is 127. The van der Waals surface area contributed by atoms with Crippen LogP contribution in [0, 0.1) is 0 Å². The largest absolute Gasteiger partial charge is 0.316 e. The van der Waals surface area contributed by atoms with E-state index in [-0.39, 0.29) is 11.0 Å². The van der Waals surface area contributed by atoms with Gasteiger partial charge in [0.1, 0.15) is 0 Å². The maximum absolute atomic E-state index is 11.4. The fraction of sp³-hybridized carbons (Fsp3) is 1.00. The third-order valence-corrected chi connectivity index (χ3v) is 4.99. The van der Waals surface area contributed by atoms with Crippen molar-refractivity contribution in [1.82, 2.24) is 5.32 Å².